The average molecular weight is 516 g/mol. The Labute approximate surface area is 222 Å². The molecule has 0 spiro atoms. The summed E-state index contributed by atoms with van der Waals surface area (Å²) in [6, 6.07) is 24.8. The van der Waals surface area contributed by atoms with Crippen LogP contribution >= 0.6 is 11.5 Å². The van der Waals surface area contributed by atoms with Gasteiger partial charge >= 0.3 is 0 Å². The number of nitrogens with one attached hydrogen (secondary N) is 1. The van der Waals surface area contributed by atoms with Gasteiger partial charge in [-0.05, 0) is 36.1 Å². The summed E-state index contributed by atoms with van der Waals surface area (Å²) in [4.78, 5) is 22.2. The lowest BCUT2D eigenvalue weighted by Crippen LogP contribution is -2.45. The smallest absolute Gasteiger partial charge is 0.221 e. The number of hydrogen-bond donors (Lipinski definition) is 1. The number of carbonyl (C=O) groups is 1. The second kappa shape index (κ2) is 12.7. The van der Waals surface area contributed by atoms with Crippen LogP contribution in [0, 0.1) is 0 Å². The van der Waals surface area contributed by atoms with Crippen LogP contribution in [0.4, 0.5) is 5.13 Å². The van der Waals surface area contributed by atoms with Crippen LogP contribution in [0.1, 0.15) is 42.0 Å². The minimum absolute atomic E-state index is 0.0833. The number of amides is 1. The Morgan fingerprint density at radius 1 is 1.00 bits per heavy atom. The van der Waals surface area contributed by atoms with Gasteiger partial charge in [0.2, 0.25) is 11.0 Å². The molecule has 0 bridgehead atoms. The topological polar surface area (TPSA) is 74.5 Å². The molecule has 2 aromatic carbocycles. The molecule has 4 aromatic rings. The minimum atomic E-state index is 0.0833. The van der Waals surface area contributed by atoms with Crippen LogP contribution in [0.3, 0.4) is 0 Å². The van der Waals surface area contributed by atoms with Crippen molar-refractivity contribution in [2.45, 2.75) is 44.8 Å². The normalized spacial score (nSPS) is 14.5. The molecule has 8 heteroatoms. The molecule has 1 fully saturated rings. The second-order valence-corrected chi connectivity index (χ2v) is 10.2. The standard InChI is InChI=1S/C29H33N5O2S/c35-28(30-25-13-16-33(17-14-25)21-24-10-5-2-6-11-24)15-18-34(22-26-12-7-19-36-26)29-31-27(32-37-29)20-23-8-3-1-4-9-23/h1-12,19,25H,13-18,20-22H2,(H,30,35). The Morgan fingerprint density at radius 3 is 2.43 bits per heavy atom. The predicted molar refractivity (Wildman–Crippen MR) is 146 cm³/mol. The molecule has 2 aromatic heterocycles. The number of rotatable bonds is 11. The molecule has 1 N–H and O–H groups in total. The molecule has 1 saturated heterocycles. The van der Waals surface area contributed by atoms with Gasteiger partial charge < -0.3 is 14.6 Å². The number of benzene rings is 2. The Kier molecular flexibility index (Phi) is 8.61. The largest absolute Gasteiger partial charge is 0.467 e. The van der Waals surface area contributed by atoms with E-state index in [2.05, 4.69) is 62.0 Å². The summed E-state index contributed by atoms with van der Waals surface area (Å²) >= 11 is 1.37. The van der Waals surface area contributed by atoms with Gasteiger partial charge in [-0.25, -0.2) is 4.98 Å². The van der Waals surface area contributed by atoms with E-state index in [0.717, 1.165) is 49.2 Å². The molecule has 0 atom stereocenters. The fourth-order valence-electron chi connectivity index (χ4n) is 4.67. The Bertz CT molecular complexity index is 1220. The van der Waals surface area contributed by atoms with Crippen LogP contribution in [0.15, 0.2) is 83.5 Å². The van der Waals surface area contributed by atoms with Crippen molar-refractivity contribution in [3.63, 3.8) is 0 Å². The average Bonchev–Trinajstić information content (AvgIpc) is 3.61. The maximum Gasteiger partial charge on any atom is 0.221 e. The molecular weight excluding hydrogens is 482 g/mol. The number of aromatic nitrogens is 2. The van der Waals surface area contributed by atoms with Crippen molar-refractivity contribution in [3.05, 3.63) is 102 Å². The van der Waals surface area contributed by atoms with Crippen LogP contribution in [0.5, 0.6) is 0 Å². The fraction of sp³-hybridized carbons (Fsp3) is 0.345. The third-order valence-corrected chi connectivity index (χ3v) is 7.49. The van der Waals surface area contributed by atoms with Gasteiger partial charge in [-0.1, -0.05) is 60.7 Å². The number of piperidine rings is 1. The molecule has 5 rings (SSSR count). The van der Waals surface area contributed by atoms with Crippen molar-refractivity contribution in [2.24, 2.45) is 0 Å². The first-order chi connectivity index (χ1) is 18.2. The van der Waals surface area contributed by atoms with Gasteiger partial charge in [-0.3, -0.25) is 9.69 Å². The molecule has 1 aliphatic heterocycles. The molecule has 0 saturated carbocycles. The lowest BCUT2D eigenvalue weighted by molar-refractivity contribution is -0.121. The lowest BCUT2D eigenvalue weighted by atomic mass is 10.0. The molecular formula is C29H33N5O2S. The number of carbonyl (C=O) groups excluding carboxylic acids is 1. The number of hydrogen-bond acceptors (Lipinski definition) is 7. The van der Waals surface area contributed by atoms with Crippen LogP contribution in [-0.2, 0) is 24.3 Å². The summed E-state index contributed by atoms with van der Waals surface area (Å²) < 4.78 is 10.2. The summed E-state index contributed by atoms with van der Waals surface area (Å²) in [7, 11) is 0. The van der Waals surface area contributed by atoms with Crippen LogP contribution in [-0.4, -0.2) is 45.8 Å². The van der Waals surface area contributed by atoms with E-state index >= 15 is 0 Å². The van der Waals surface area contributed by atoms with Crippen molar-refractivity contribution >= 4 is 22.6 Å². The number of nitrogens with zero attached hydrogens (tertiary/aromatic N) is 4. The third kappa shape index (κ3) is 7.50. The highest BCUT2D eigenvalue weighted by Gasteiger charge is 2.22. The van der Waals surface area contributed by atoms with Gasteiger partial charge in [0, 0.05) is 56.6 Å². The molecule has 192 valence electrons. The van der Waals surface area contributed by atoms with Gasteiger partial charge in [-0.2, -0.15) is 4.37 Å². The van der Waals surface area contributed by atoms with Gasteiger partial charge in [0.05, 0.1) is 12.8 Å². The molecule has 37 heavy (non-hydrogen) atoms. The van der Waals surface area contributed by atoms with E-state index in [1.165, 1.54) is 22.7 Å². The van der Waals surface area contributed by atoms with Crippen LogP contribution < -0.4 is 10.2 Å². The Hall–Kier alpha value is -3.49. The van der Waals surface area contributed by atoms with Crippen molar-refractivity contribution in [1.82, 2.24) is 19.6 Å². The van der Waals surface area contributed by atoms with Gasteiger partial charge in [0.1, 0.15) is 11.6 Å². The maximum atomic E-state index is 12.9. The summed E-state index contributed by atoms with van der Waals surface area (Å²) in [5.41, 5.74) is 2.52. The minimum Gasteiger partial charge on any atom is -0.467 e. The van der Waals surface area contributed by atoms with Crippen LogP contribution in [0.25, 0.3) is 0 Å². The van der Waals surface area contributed by atoms with Gasteiger partial charge in [0.15, 0.2) is 0 Å². The zero-order valence-corrected chi connectivity index (χ0v) is 21.8. The van der Waals surface area contributed by atoms with Gasteiger partial charge in [-0.15, -0.1) is 0 Å². The summed E-state index contributed by atoms with van der Waals surface area (Å²) in [5.74, 6) is 1.72. The number of likely N-dealkylation sites (tertiary alicyclic amines) is 1. The summed E-state index contributed by atoms with van der Waals surface area (Å²) in [6.07, 6.45) is 4.72. The maximum absolute atomic E-state index is 12.9. The Balaban J connectivity index is 1.12. The lowest BCUT2D eigenvalue weighted by Gasteiger charge is -2.32. The van der Waals surface area contributed by atoms with E-state index in [1.807, 2.05) is 30.3 Å². The molecule has 1 aliphatic rings. The van der Waals surface area contributed by atoms with Crippen molar-refractivity contribution in [1.29, 1.82) is 0 Å². The first kappa shape index (κ1) is 25.2. The summed E-state index contributed by atoms with van der Waals surface area (Å²) in [5, 5.41) is 4.07. The molecule has 7 nitrogen and oxygen atoms in total. The van der Waals surface area contributed by atoms with E-state index in [9.17, 15) is 4.79 Å². The zero-order chi connectivity index (χ0) is 25.3. The van der Waals surface area contributed by atoms with Crippen molar-refractivity contribution < 1.29 is 9.21 Å². The second-order valence-electron chi connectivity index (χ2n) is 9.51. The van der Waals surface area contributed by atoms with Crippen molar-refractivity contribution in [2.75, 3.05) is 24.5 Å². The number of anilines is 1. The van der Waals surface area contributed by atoms with E-state index in [0.29, 0.717) is 25.9 Å². The predicted octanol–water partition coefficient (Wildman–Crippen LogP) is 4.90. The van der Waals surface area contributed by atoms with E-state index in [4.69, 9.17) is 9.40 Å². The van der Waals surface area contributed by atoms with Gasteiger partial charge in [0.25, 0.3) is 0 Å². The van der Waals surface area contributed by atoms with Crippen molar-refractivity contribution in [3.8, 4) is 0 Å². The first-order valence-electron chi connectivity index (χ1n) is 12.9. The zero-order valence-electron chi connectivity index (χ0n) is 21.0. The molecule has 0 unspecified atom stereocenters. The van der Waals surface area contributed by atoms with E-state index in [-0.39, 0.29) is 11.9 Å². The highest BCUT2D eigenvalue weighted by molar-refractivity contribution is 7.09. The first-order valence-corrected chi connectivity index (χ1v) is 13.7. The number of furan rings is 1. The quantitative estimate of drug-likeness (QED) is 0.306. The van der Waals surface area contributed by atoms with Crippen LogP contribution in [0.2, 0.25) is 0 Å². The SMILES string of the molecule is O=C(CCN(Cc1ccco1)c1nc(Cc2ccccc2)ns1)NC1CCN(Cc2ccccc2)CC1. The molecule has 3 heterocycles. The van der Waals surface area contributed by atoms with E-state index in [1.54, 1.807) is 6.26 Å². The monoisotopic (exact) mass is 515 g/mol. The molecule has 0 aliphatic carbocycles. The summed E-state index contributed by atoms with van der Waals surface area (Å²) in [6.45, 7) is 4.08. The molecule has 0 radical (unpaired) electrons. The van der Waals surface area contributed by atoms with E-state index < -0.39 is 0 Å². The highest BCUT2D eigenvalue weighted by atomic mass is 32.1. The highest BCUT2D eigenvalue weighted by Crippen LogP contribution is 2.22. The fourth-order valence-corrected chi connectivity index (χ4v) is 5.38. The third-order valence-electron chi connectivity index (χ3n) is 6.67. The Morgan fingerprint density at radius 2 is 1.73 bits per heavy atom. The molecule has 1 amide bonds.